The molecule has 0 aliphatic rings. The van der Waals surface area contributed by atoms with Crippen molar-refractivity contribution in [1.82, 2.24) is 4.57 Å². The van der Waals surface area contributed by atoms with Crippen LogP contribution in [0.1, 0.15) is 6.92 Å². The van der Waals surface area contributed by atoms with Crippen LogP contribution in [-0.4, -0.2) is 10.5 Å². The minimum atomic E-state index is -0.362. The van der Waals surface area contributed by atoms with E-state index in [0.29, 0.717) is 10.3 Å². The number of fused-ring (bicyclic) bond motifs is 1. The number of hydrogen-bond acceptors (Lipinski definition) is 2. The van der Waals surface area contributed by atoms with Crippen LogP contribution in [0.25, 0.3) is 10.2 Å². The Morgan fingerprint density at radius 2 is 2.41 bits per heavy atom. The average molecular weight is 248 g/mol. The smallest absolute Gasteiger partial charge is 0.245 e. The highest BCUT2D eigenvalue weighted by molar-refractivity contribution is 7.16. The first-order valence-electron chi connectivity index (χ1n) is 4.90. The number of thiazole rings is 1. The predicted octanol–water partition coefficient (Wildman–Crippen LogP) is 1.92. The van der Waals surface area contributed by atoms with Gasteiger partial charge < -0.3 is 4.57 Å². The zero-order chi connectivity index (χ0) is 12.4. The molecule has 0 spiro atoms. The maximum atomic E-state index is 13.7. The van der Waals surface area contributed by atoms with Crippen molar-refractivity contribution in [2.75, 3.05) is 0 Å². The van der Waals surface area contributed by atoms with Crippen LogP contribution >= 0.6 is 11.3 Å². The van der Waals surface area contributed by atoms with E-state index in [4.69, 9.17) is 6.42 Å². The van der Waals surface area contributed by atoms with Gasteiger partial charge >= 0.3 is 0 Å². The molecule has 1 aromatic carbocycles. The fraction of sp³-hybridized carbons (Fsp3) is 0.167. The monoisotopic (exact) mass is 248 g/mol. The summed E-state index contributed by atoms with van der Waals surface area (Å²) in [6.45, 7) is 1.54. The predicted molar refractivity (Wildman–Crippen MR) is 64.9 cm³/mol. The fourth-order valence-corrected chi connectivity index (χ4v) is 2.63. The Kier molecular flexibility index (Phi) is 3.07. The molecule has 2 aromatic rings. The van der Waals surface area contributed by atoms with Gasteiger partial charge in [-0.2, -0.15) is 4.99 Å². The normalized spacial score (nSPS) is 11.7. The third-order valence-corrected chi connectivity index (χ3v) is 3.20. The lowest BCUT2D eigenvalue weighted by Gasteiger charge is -1.99. The minimum absolute atomic E-state index is 0.188. The molecule has 1 amide bonds. The average Bonchev–Trinajstić information content (AvgIpc) is 2.58. The fourth-order valence-electron chi connectivity index (χ4n) is 1.54. The van der Waals surface area contributed by atoms with Crippen molar-refractivity contribution in [3.63, 3.8) is 0 Å². The first-order valence-corrected chi connectivity index (χ1v) is 5.71. The summed E-state index contributed by atoms with van der Waals surface area (Å²) in [5, 5.41) is 0. The summed E-state index contributed by atoms with van der Waals surface area (Å²) in [5.41, 5.74) is 0.399. The quantitative estimate of drug-likeness (QED) is 0.710. The minimum Gasteiger partial charge on any atom is -0.302 e. The molecular weight excluding hydrogens is 239 g/mol. The van der Waals surface area contributed by atoms with E-state index >= 15 is 0 Å². The van der Waals surface area contributed by atoms with Crippen molar-refractivity contribution >= 4 is 27.5 Å². The molecule has 1 aromatic heterocycles. The van der Waals surface area contributed by atoms with Crippen molar-refractivity contribution in [2.24, 2.45) is 4.99 Å². The maximum absolute atomic E-state index is 13.7. The molecule has 0 aliphatic carbocycles. The molecule has 86 valence electrons. The van der Waals surface area contributed by atoms with Crippen LogP contribution in [0.4, 0.5) is 4.39 Å². The van der Waals surface area contributed by atoms with E-state index < -0.39 is 0 Å². The number of carbonyl (C=O) groups excluding carboxylic acids is 1. The molecular formula is C12H9FN2OS. The van der Waals surface area contributed by atoms with Crippen molar-refractivity contribution < 1.29 is 9.18 Å². The topological polar surface area (TPSA) is 34.4 Å². The lowest BCUT2D eigenvalue weighted by molar-refractivity contribution is -0.116. The van der Waals surface area contributed by atoms with Crippen LogP contribution in [0, 0.1) is 18.2 Å². The second-order valence-corrected chi connectivity index (χ2v) is 4.40. The molecule has 5 heteroatoms. The first kappa shape index (κ1) is 11.6. The van der Waals surface area contributed by atoms with Gasteiger partial charge in [-0.1, -0.05) is 23.3 Å². The molecule has 0 radical (unpaired) electrons. The van der Waals surface area contributed by atoms with Gasteiger partial charge in [0.1, 0.15) is 5.82 Å². The van der Waals surface area contributed by atoms with Crippen molar-refractivity contribution in [3.05, 3.63) is 28.8 Å². The second kappa shape index (κ2) is 4.52. The molecule has 0 unspecified atom stereocenters. The lowest BCUT2D eigenvalue weighted by atomic mass is 10.3. The number of hydrogen-bond donors (Lipinski definition) is 0. The SMILES string of the molecule is C#CCn1c(=NC(C)=O)sc2cccc(F)c21. The highest BCUT2D eigenvalue weighted by Gasteiger charge is 2.09. The summed E-state index contributed by atoms with van der Waals surface area (Å²) < 4.78 is 16.0. The summed E-state index contributed by atoms with van der Waals surface area (Å²) >= 11 is 1.25. The largest absolute Gasteiger partial charge is 0.302 e. The molecule has 0 aliphatic heterocycles. The lowest BCUT2D eigenvalue weighted by Crippen LogP contribution is -2.16. The van der Waals surface area contributed by atoms with E-state index in [0.717, 1.165) is 4.70 Å². The molecule has 2 rings (SSSR count). The summed E-state index contributed by atoms with van der Waals surface area (Å²) in [5.74, 6) is 1.74. The second-order valence-electron chi connectivity index (χ2n) is 3.39. The van der Waals surface area contributed by atoms with Crippen LogP contribution in [-0.2, 0) is 11.3 Å². The number of amides is 1. The Hall–Kier alpha value is -1.93. The van der Waals surface area contributed by atoms with E-state index in [2.05, 4.69) is 10.9 Å². The van der Waals surface area contributed by atoms with E-state index in [1.807, 2.05) is 0 Å². The number of aromatic nitrogens is 1. The number of rotatable bonds is 1. The van der Waals surface area contributed by atoms with Gasteiger partial charge in [0.25, 0.3) is 0 Å². The van der Waals surface area contributed by atoms with Gasteiger partial charge in [0, 0.05) is 6.92 Å². The van der Waals surface area contributed by atoms with Crippen molar-refractivity contribution in [2.45, 2.75) is 13.5 Å². The molecule has 0 saturated carbocycles. The number of nitrogens with zero attached hydrogens (tertiary/aromatic N) is 2. The Balaban J connectivity index is 2.87. The van der Waals surface area contributed by atoms with Gasteiger partial charge in [0.15, 0.2) is 4.80 Å². The number of carbonyl (C=O) groups is 1. The Morgan fingerprint density at radius 1 is 1.65 bits per heavy atom. The van der Waals surface area contributed by atoms with Gasteiger partial charge in [-0.15, -0.1) is 6.42 Å². The molecule has 0 atom stereocenters. The van der Waals surface area contributed by atoms with Crippen LogP contribution < -0.4 is 4.80 Å². The third-order valence-electron chi connectivity index (χ3n) is 2.15. The summed E-state index contributed by atoms with van der Waals surface area (Å²) in [7, 11) is 0. The molecule has 3 nitrogen and oxygen atoms in total. The maximum Gasteiger partial charge on any atom is 0.245 e. The highest BCUT2D eigenvalue weighted by atomic mass is 32.1. The Bertz CT molecular complexity index is 691. The molecule has 0 saturated heterocycles. The zero-order valence-electron chi connectivity index (χ0n) is 9.11. The third kappa shape index (κ3) is 2.12. The zero-order valence-corrected chi connectivity index (χ0v) is 9.92. The molecule has 0 N–H and O–H groups in total. The van der Waals surface area contributed by atoms with E-state index in [1.165, 1.54) is 28.9 Å². The van der Waals surface area contributed by atoms with Gasteiger partial charge in [0.2, 0.25) is 5.91 Å². The van der Waals surface area contributed by atoms with Gasteiger partial charge in [-0.25, -0.2) is 4.39 Å². The van der Waals surface area contributed by atoms with Crippen molar-refractivity contribution in [3.8, 4) is 12.3 Å². The van der Waals surface area contributed by atoms with Gasteiger partial charge in [-0.3, -0.25) is 4.79 Å². The number of halogens is 1. The standard InChI is InChI=1S/C12H9FN2OS/c1-3-7-15-11-9(13)5-4-6-10(11)17-12(15)14-8(2)16/h1,4-6H,7H2,2H3. The van der Waals surface area contributed by atoms with E-state index in [-0.39, 0.29) is 18.3 Å². The van der Waals surface area contributed by atoms with Crippen LogP contribution in [0.15, 0.2) is 23.2 Å². The van der Waals surface area contributed by atoms with Gasteiger partial charge in [-0.05, 0) is 12.1 Å². The number of terminal acetylenes is 1. The van der Waals surface area contributed by atoms with Crippen molar-refractivity contribution in [1.29, 1.82) is 0 Å². The Labute approximate surface area is 101 Å². The van der Waals surface area contributed by atoms with Crippen LogP contribution in [0.5, 0.6) is 0 Å². The van der Waals surface area contributed by atoms with Crippen LogP contribution in [0.2, 0.25) is 0 Å². The molecule has 17 heavy (non-hydrogen) atoms. The Morgan fingerprint density at radius 3 is 3.06 bits per heavy atom. The van der Waals surface area contributed by atoms with E-state index in [9.17, 15) is 9.18 Å². The summed E-state index contributed by atoms with van der Waals surface area (Å²) in [6.07, 6.45) is 5.25. The molecule has 0 fully saturated rings. The highest BCUT2D eigenvalue weighted by Crippen LogP contribution is 2.20. The number of benzene rings is 1. The van der Waals surface area contributed by atoms with Crippen LogP contribution in [0.3, 0.4) is 0 Å². The molecule has 0 bridgehead atoms. The van der Waals surface area contributed by atoms with E-state index in [1.54, 1.807) is 12.1 Å². The first-order chi connectivity index (χ1) is 8.13. The van der Waals surface area contributed by atoms with Gasteiger partial charge in [0.05, 0.1) is 16.8 Å². The summed E-state index contributed by atoms with van der Waals surface area (Å²) in [4.78, 5) is 15.3. The molecule has 1 heterocycles. The summed E-state index contributed by atoms with van der Waals surface area (Å²) in [6, 6.07) is 4.75. The number of para-hydroxylation sites is 1.